The molecule has 30 heteroatoms. The summed E-state index contributed by atoms with van der Waals surface area (Å²) in [7, 11) is 4.12. The average Bonchev–Trinajstić information content (AvgIpc) is 0.914. The fraction of sp³-hybridized carbons (Fsp3) is 0.643. The number of hydrogen-bond acceptors (Lipinski definition) is 14. The summed E-state index contributed by atoms with van der Waals surface area (Å²) in [6.45, 7) is 13.1. The van der Waals surface area contributed by atoms with Gasteiger partial charge in [0.15, 0.2) is 0 Å². The molecule has 10 amide bonds. The van der Waals surface area contributed by atoms with Gasteiger partial charge in [-0.1, -0.05) is 12.8 Å². The van der Waals surface area contributed by atoms with Crippen molar-refractivity contribution in [1.82, 2.24) is 41.7 Å². The molecule has 6 aliphatic rings. The number of urea groups is 2. The van der Waals surface area contributed by atoms with Crippen LogP contribution in [-0.2, 0) is 19.2 Å². The average molecular weight is 1260 g/mol. The summed E-state index contributed by atoms with van der Waals surface area (Å²) < 4.78 is 63.1. The zero-order valence-corrected chi connectivity index (χ0v) is 50.5. The number of nitrogens with one attached hydrogen (secondary N) is 8. The van der Waals surface area contributed by atoms with Crippen LogP contribution in [0.5, 0.6) is 0 Å². The molecule has 8 rings (SSSR count). The Balaban J connectivity index is 0.000000753. The molecular weight excluding hydrogens is 1180 g/mol. The third-order valence-electron chi connectivity index (χ3n) is 17.2. The van der Waals surface area contributed by atoms with Crippen molar-refractivity contribution in [3.8, 4) is 0 Å². The maximum Gasteiger partial charge on any atom is 0.430 e. The van der Waals surface area contributed by atoms with Crippen molar-refractivity contribution < 1.29 is 94.3 Å². The number of carbonyl (C=O) groups excluding carboxylic acids is 10. The lowest BCUT2D eigenvalue weighted by atomic mass is 9.79. The Bertz CT molecular complexity index is 2680. The number of carboxylic acids is 2. The summed E-state index contributed by atoms with van der Waals surface area (Å²) >= 11 is 3.77. The van der Waals surface area contributed by atoms with Crippen LogP contribution in [0.1, 0.15) is 146 Å². The van der Waals surface area contributed by atoms with Crippen LogP contribution in [0.4, 0.5) is 35.9 Å². The third kappa shape index (κ3) is 15.8. The molecule has 6 heterocycles. The Hall–Kier alpha value is -6.40. The lowest BCUT2D eigenvalue weighted by Gasteiger charge is -2.35. The van der Waals surface area contributed by atoms with Gasteiger partial charge < -0.3 is 61.5 Å². The molecule has 4 fully saturated rings. The zero-order valence-electron chi connectivity index (χ0n) is 48.9. The molecule has 8 atom stereocenters. The number of aliphatic carboxylic acids is 2. The standard InChI is InChI=1S/C52H74N10O8S2.2C2HF3O2/c1-49-31-71-37(51(49,3)57-47(69)55-49)15-7-9-17-39(63)53-23-11-25-59(5)27-13-29-61-43(65)33-19-21-35-42-36(22-20-34(41(33)42)44(61)66)46(68)62(45(35)67)30-14-28-60(6)26-12-24-54-40(64)18-10-8-16-38-52(4)50(2,32-72-38)56-48(70)58-52;2*3-2(4,5)1(6)7/h19-22,37-38H,7-18,23-32H2,1-6H3,(H,53,63)(H,54,64)(H2,55,57,69)(H2,56,58,70);2*(H,6,7)/t37?,38?,49-,50+,51+,52-;;. The van der Waals surface area contributed by atoms with Gasteiger partial charge in [0.25, 0.3) is 23.6 Å². The van der Waals surface area contributed by atoms with E-state index in [0.717, 1.165) is 89.1 Å². The normalized spacial score (nSPS) is 25.2. The number of carbonyl (C=O) groups is 10. The van der Waals surface area contributed by atoms with E-state index >= 15 is 0 Å². The number of benzene rings is 2. The molecule has 0 spiro atoms. The molecule has 8 N–H and O–H groups in total. The van der Waals surface area contributed by atoms with E-state index < -0.39 is 47.9 Å². The van der Waals surface area contributed by atoms with Gasteiger partial charge in [0.05, 0.1) is 62.4 Å². The van der Waals surface area contributed by atoms with Gasteiger partial charge in [0, 0.05) is 120 Å². The number of hydrogen-bond donors (Lipinski definition) is 8. The number of unbranched alkanes of at least 4 members (excludes halogenated alkanes) is 2. The topological polar surface area (TPSA) is 304 Å². The van der Waals surface area contributed by atoms with E-state index in [1.165, 1.54) is 19.6 Å². The van der Waals surface area contributed by atoms with Crippen molar-refractivity contribution in [3.63, 3.8) is 0 Å². The second kappa shape index (κ2) is 28.2. The van der Waals surface area contributed by atoms with E-state index in [1.807, 2.05) is 23.5 Å². The van der Waals surface area contributed by atoms with Crippen LogP contribution in [0, 0.1) is 0 Å². The van der Waals surface area contributed by atoms with Crippen LogP contribution in [0.3, 0.4) is 0 Å². The largest absolute Gasteiger partial charge is 0.542 e. The number of alkyl halides is 6. The molecular formula is C56H76F6N10O12S2. The van der Waals surface area contributed by atoms with Crippen molar-refractivity contribution in [2.45, 2.75) is 150 Å². The Morgan fingerprint density at radius 1 is 0.535 bits per heavy atom. The summed E-state index contributed by atoms with van der Waals surface area (Å²) in [4.78, 5) is 127. The molecule has 476 valence electrons. The van der Waals surface area contributed by atoms with Gasteiger partial charge in [-0.25, -0.2) is 9.59 Å². The van der Waals surface area contributed by atoms with Crippen LogP contribution >= 0.6 is 23.5 Å². The van der Waals surface area contributed by atoms with E-state index in [9.17, 15) is 64.7 Å². The van der Waals surface area contributed by atoms with Crippen molar-refractivity contribution in [3.05, 3.63) is 46.5 Å². The quantitative estimate of drug-likeness (QED) is 0.0275. The minimum Gasteiger partial charge on any atom is -0.542 e. The van der Waals surface area contributed by atoms with Gasteiger partial charge in [-0.3, -0.25) is 38.6 Å². The molecule has 0 saturated carbocycles. The SMILES string of the molecule is C[NH+](CCCNC(=O)CCCCC1SC[C@@]2(C)NC(=O)N[C@@]12C)CCCN1C(=O)c2ccc3c4c(ccc(c24)C1=O)C(=O)N(CCC[NH+](C)CCCNC(=O)CCCCC1SC[C@]2(C)NC(=O)N[C@]12C)C3=O.O=C([O-])C(F)(F)F.O=C([O-])C(F)(F)F. The molecule has 86 heavy (non-hydrogen) atoms. The van der Waals surface area contributed by atoms with Crippen LogP contribution in [0.25, 0.3) is 10.8 Å². The molecule has 0 radical (unpaired) electrons. The first-order valence-electron chi connectivity index (χ1n) is 28.7. The zero-order chi connectivity index (χ0) is 63.7. The molecule has 0 aliphatic carbocycles. The molecule has 2 aromatic rings. The molecule has 22 nitrogen and oxygen atoms in total. The van der Waals surface area contributed by atoms with Crippen LogP contribution < -0.4 is 51.9 Å². The second-order valence-electron chi connectivity index (χ2n) is 23.5. The predicted octanol–water partition coefficient (Wildman–Crippen LogP) is 0.463. The Kier molecular flexibility index (Phi) is 22.5. The van der Waals surface area contributed by atoms with Crippen molar-refractivity contribution in [2.24, 2.45) is 0 Å². The number of nitrogens with zero attached hydrogens (tertiary/aromatic N) is 2. The fourth-order valence-electron chi connectivity index (χ4n) is 11.8. The van der Waals surface area contributed by atoms with Crippen molar-refractivity contribution in [1.29, 1.82) is 0 Å². The highest BCUT2D eigenvalue weighted by atomic mass is 32.2. The number of quaternary nitrogens is 2. The van der Waals surface area contributed by atoms with Gasteiger partial charge in [-0.2, -0.15) is 49.9 Å². The number of amides is 10. The van der Waals surface area contributed by atoms with Crippen LogP contribution in [0.15, 0.2) is 24.3 Å². The van der Waals surface area contributed by atoms with Crippen LogP contribution in [-0.4, -0.2) is 192 Å². The minimum absolute atomic E-state index is 0.0423. The first kappa shape index (κ1) is 68.7. The third-order valence-corrected chi connectivity index (χ3v) is 20.9. The smallest absolute Gasteiger partial charge is 0.430 e. The van der Waals surface area contributed by atoms with Gasteiger partial charge in [0.2, 0.25) is 11.8 Å². The maximum atomic E-state index is 13.9. The summed E-state index contributed by atoms with van der Waals surface area (Å²) in [6.07, 6.45) is -1.37. The molecule has 6 aliphatic heterocycles. The van der Waals surface area contributed by atoms with E-state index in [-0.39, 0.29) is 59.1 Å². The number of imide groups is 2. The monoisotopic (exact) mass is 1260 g/mol. The second-order valence-corrected chi connectivity index (χ2v) is 25.9. The van der Waals surface area contributed by atoms with E-state index in [1.54, 1.807) is 24.3 Å². The number of carboxylic acid groups (broad SMARTS) is 2. The van der Waals surface area contributed by atoms with Crippen molar-refractivity contribution >= 4 is 93.7 Å². The highest BCUT2D eigenvalue weighted by molar-refractivity contribution is 8.00. The summed E-state index contributed by atoms with van der Waals surface area (Å²) in [5, 5.41) is 37.4. The predicted molar refractivity (Wildman–Crippen MR) is 301 cm³/mol. The Labute approximate surface area is 502 Å². The highest BCUT2D eigenvalue weighted by Crippen LogP contribution is 2.49. The lowest BCUT2D eigenvalue weighted by molar-refractivity contribution is -0.879. The summed E-state index contributed by atoms with van der Waals surface area (Å²) in [5.74, 6) is -5.91. The van der Waals surface area contributed by atoms with Gasteiger partial charge in [-0.05, 0) is 77.6 Å². The number of thioether (sulfide) groups is 2. The Morgan fingerprint density at radius 3 is 1.14 bits per heavy atom. The summed E-state index contributed by atoms with van der Waals surface area (Å²) in [6, 6.07) is 6.23. The van der Waals surface area contributed by atoms with Gasteiger partial charge in [0.1, 0.15) is 11.9 Å². The highest BCUT2D eigenvalue weighted by Gasteiger charge is 2.61. The molecule has 0 aromatic heterocycles. The van der Waals surface area contributed by atoms with E-state index in [4.69, 9.17) is 19.8 Å². The first-order chi connectivity index (χ1) is 40.2. The Morgan fingerprint density at radius 2 is 0.837 bits per heavy atom. The lowest BCUT2D eigenvalue weighted by Crippen LogP contribution is -3.09. The summed E-state index contributed by atoms with van der Waals surface area (Å²) in [5.41, 5.74) is 0.167. The molecule has 4 saturated heterocycles. The number of fused-ring (bicyclic) bond motifs is 2. The fourth-order valence-corrected chi connectivity index (χ4v) is 15.6. The van der Waals surface area contributed by atoms with E-state index in [2.05, 4.69) is 73.7 Å². The first-order valence-corrected chi connectivity index (χ1v) is 30.8. The molecule has 2 aromatic carbocycles. The number of rotatable bonds is 26. The molecule has 0 bridgehead atoms. The number of halogens is 6. The van der Waals surface area contributed by atoms with Gasteiger partial charge in [-0.15, -0.1) is 0 Å². The van der Waals surface area contributed by atoms with Crippen molar-refractivity contribution in [2.75, 3.05) is 78.0 Å². The van der Waals surface area contributed by atoms with Crippen LogP contribution in [0.2, 0.25) is 0 Å². The molecule has 4 unspecified atom stereocenters. The van der Waals surface area contributed by atoms with Gasteiger partial charge >= 0.3 is 24.4 Å². The van der Waals surface area contributed by atoms with E-state index in [0.29, 0.717) is 82.3 Å². The minimum atomic E-state index is -5.19. The maximum absolute atomic E-state index is 13.9.